The third-order valence-electron chi connectivity index (χ3n) is 4.77. The van der Waals surface area contributed by atoms with E-state index in [2.05, 4.69) is 5.32 Å². The summed E-state index contributed by atoms with van der Waals surface area (Å²) in [5.41, 5.74) is 3.45. The van der Waals surface area contributed by atoms with E-state index in [1.165, 1.54) is 19.1 Å². The summed E-state index contributed by atoms with van der Waals surface area (Å²) in [6, 6.07) is 8.29. The molecule has 0 aromatic heterocycles. The van der Waals surface area contributed by atoms with Crippen LogP contribution in [0.5, 0.6) is 5.75 Å². The Bertz CT molecular complexity index is 913. The molecule has 28 heavy (non-hydrogen) atoms. The third-order valence-corrected chi connectivity index (χ3v) is 5.38. The summed E-state index contributed by atoms with van der Waals surface area (Å²) in [6.07, 6.45) is 2.91. The summed E-state index contributed by atoms with van der Waals surface area (Å²) in [7, 11) is 0. The summed E-state index contributed by atoms with van der Waals surface area (Å²) in [5.74, 6) is 0.916. The molecule has 1 aliphatic heterocycles. The molecule has 148 valence electrons. The molecule has 1 aliphatic rings. The van der Waals surface area contributed by atoms with Crippen molar-refractivity contribution in [3.63, 3.8) is 0 Å². The van der Waals surface area contributed by atoms with Gasteiger partial charge in [-0.2, -0.15) is 11.8 Å². The molecule has 0 bridgehead atoms. The number of ether oxygens (including phenoxy) is 1. The van der Waals surface area contributed by atoms with E-state index < -0.39 is 5.82 Å². The maximum Gasteiger partial charge on any atom is 0.220 e. The third kappa shape index (κ3) is 4.55. The largest absolute Gasteiger partial charge is 0.487 e. The lowest BCUT2D eigenvalue weighted by molar-refractivity contribution is -0.121. The highest BCUT2D eigenvalue weighted by Gasteiger charge is 2.27. The molecule has 0 unspecified atom stereocenters. The Morgan fingerprint density at radius 3 is 2.75 bits per heavy atom. The van der Waals surface area contributed by atoms with E-state index in [9.17, 15) is 14.0 Å². The molecule has 0 saturated carbocycles. The van der Waals surface area contributed by atoms with E-state index in [-0.39, 0.29) is 17.8 Å². The Kier molecular flexibility index (Phi) is 6.39. The average molecular weight is 402 g/mol. The van der Waals surface area contributed by atoms with Crippen LogP contribution in [0.3, 0.4) is 0 Å². The Balaban J connectivity index is 1.84. The minimum atomic E-state index is -0.393. The molecular weight excluding hydrogens is 377 g/mol. The van der Waals surface area contributed by atoms with Gasteiger partial charge < -0.3 is 10.1 Å². The van der Waals surface area contributed by atoms with Crippen molar-refractivity contribution < 1.29 is 18.7 Å². The molecule has 0 saturated heterocycles. The second-order valence-electron chi connectivity index (χ2n) is 7.04. The van der Waals surface area contributed by atoms with Crippen LogP contribution in [0.15, 0.2) is 30.3 Å². The maximum absolute atomic E-state index is 14.6. The Morgan fingerprint density at radius 2 is 2.04 bits per heavy atom. The first-order valence-electron chi connectivity index (χ1n) is 9.25. The van der Waals surface area contributed by atoms with E-state index in [4.69, 9.17) is 4.74 Å². The Labute approximate surface area is 168 Å². The Morgan fingerprint density at radius 1 is 1.25 bits per heavy atom. The lowest BCUT2D eigenvalue weighted by atomic mass is 9.95. The zero-order chi connectivity index (χ0) is 20.3. The average Bonchev–Trinajstić information content (AvgIpc) is 3.07. The van der Waals surface area contributed by atoms with Gasteiger partial charge >= 0.3 is 0 Å². The molecule has 0 aliphatic carbocycles. The van der Waals surface area contributed by atoms with E-state index in [1.807, 2.05) is 25.3 Å². The van der Waals surface area contributed by atoms with Crippen molar-refractivity contribution in [2.45, 2.75) is 32.8 Å². The number of fused-ring (bicyclic) bond motifs is 1. The molecule has 1 heterocycles. The van der Waals surface area contributed by atoms with Crippen LogP contribution in [0.2, 0.25) is 0 Å². The molecule has 2 aromatic carbocycles. The van der Waals surface area contributed by atoms with Crippen LogP contribution < -0.4 is 10.1 Å². The molecule has 0 fully saturated rings. The fourth-order valence-corrected chi connectivity index (χ4v) is 3.76. The van der Waals surface area contributed by atoms with E-state index in [0.717, 1.165) is 16.9 Å². The summed E-state index contributed by atoms with van der Waals surface area (Å²) < 4.78 is 20.6. The van der Waals surface area contributed by atoms with Gasteiger partial charge in [0.2, 0.25) is 5.91 Å². The van der Waals surface area contributed by atoms with E-state index >= 15 is 0 Å². The second-order valence-corrected chi connectivity index (χ2v) is 8.03. The number of halogens is 1. The van der Waals surface area contributed by atoms with Gasteiger partial charge in [-0.15, -0.1) is 0 Å². The quantitative estimate of drug-likeness (QED) is 0.708. The lowest BCUT2D eigenvalue weighted by Crippen LogP contribution is -2.34. The number of hydrogen-bond donors (Lipinski definition) is 1. The van der Waals surface area contributed by atoms with Crippen LogP contribution in [0.1, 0.15) is 34.8 Å². The highest BCUT2D eigenvalue weighted by atomic mass is 32.2. The number of hydrogen-bond acceptors (Lipinski definition) is 4. The van der Waals surface area contributed by atoms with Crippen molar-refractivity contribution >= 4 is 23.5 Å². The van der Waals surface area contributed by atoms with Gasteiger partial charge in [-0.3, -0.25) is 9.59 Å². The topological polar surface area (TPSA) is 55.4 Å². The summed E-state index contributed by atoms with van der Waals surface area (Å²) in [4.78, 5) is 23.6. The van der Waals surface area contributed by atoms with Crippen LogP contribution in [0.4, 0.5) is 4.39 Å². The van der Waals surface area contributed by atoms with Gasteiger partial charge in [-0.05, 0) is 55.5 Å². The number of amides is 1. The molecule has 3 rings (SSSR count). The van der Waals surface area contributed by atoms with Gasteiger partial charge in [-0.1, -0.05) is 6.07 Å². The van der Waals surface area contributed by atoms with Crippen LogP contribution >= 0.6 is 11.8 Å². The predicted molar refractivity (Wildman–Crippen MR) is 111 cm³/mol. The number of carbonyl (C=O) groups is 2. The van der Waals surface area contributed by atoms with Gasteiger partial charge in [0.1, 0.15) is 17.7 Å². The van der Waals surface area contributed by atoms with Crippen molar-refractivity contribution in [1.29, 1.82) is 0 Å². The lowest BCUT2D eigenvalue weighted by Gasteiger charge is -2.15. The zero-order valence-electron chi connectivity index (χ0n) is 16.3. The summed E-state index contributed by atoms with van der Waals surface area (Å²) in [5, 5.41) is 2.91. The molecule has 4 nitrogen and oxygen atoms in total. The monoisotopic (exact) mass is 401 g/mol. The van der Waals surface area contributed by atoms with Gasteiger partial charge in [0, 0.05) is 35.3 Å². The van der Waals surface area contributed by atoms with Crippen molar-refractivity contribution in [2.75, 3.05) is 18.6 Å². The number of benzene rings is 2. The first-order chi connectivity index (χ1) is 13.4. The first kappa shape index (κ1) is 20.4. The van der Waals surface area contributed by atoms with Crippen LogP contribution in [0, 0.1) is 12.7 Å². The number of ketones is 1. The SMILES string of the molecule is CSCCC(=O)NC[C@H]1Cc2cc(C)cc(-c3cc(C(C)=O)ccc3F)c2O1. The number of rotatable bonds is 7. The van der Waals surface area contributed by atoms with Crippen LogP contribution in [0.25, 0.3) is 11.1 Å². The second kappa shape index (κ2) is 8.78. The molecule has 1 N–H and O–H groups in total. The van der Waals surface area contributed by atoms with Gasteiger partial charge in [0.25, 0.3) is 0 Å². The molecule has 0 radical (unpaired) electrons. The van der Waals surface area contributed by atoms with Gasteiger partial charge in [0.15, 0.2) is 5.78 Å². The number of carbonyl (C=O) groups excluding carboxylic acids is 2. The smallest absolute Gasteiger partial charge is 0.220 e. The van der Waals surface area contributed by atoms with Gasteiger partial charge in [-0.25, -0.2) is 4.39 Å². The first-order valence-corrected chi connectivity index (χ1v) is 10.6. The van der Waals surface area contributed by atoms with E-state index in [1.54, 1.807) is 17.8 Å². The van der Waals surface area contributed by atoms with Crippen LogP contribution in [-0.2, 0) is 11.2 Å². The van der Waals surface area contributed by atoms with Gasteiger partial charge in [0.05, 0.1) is 6.54 Å². The fourth-order valence-electron chi connectivity index (χ4n) is 3.37. The maximum atomic E-state index is 14.6. The molecular formula is C22H24FNO3S. The summed E-state index contributed by atoms with van der Waals surface area (Å²) in [6.45, 7) is 3.83. The van der Waals surface area contributed by atoms with Crippen molar-refractivity contribution in [3.8, 4) is 16.9 Å². The Hall–Kier alpha value is -2.34. The normalized spacial score (nSPS) is 15.1. The van der Waals surface area contributed by atoms with Crippen molar-refractivity contribution in [2.24, 2.45) is 0 Å². The molecule has 1 atom stereocenters. The standard InChI is InChI=1S/C22H24FNO3S/c1-13-8-16-10-17(12-24-21(26)6-7-28-3)27-22(16)19(9-13)18-11-15(14(2)25)4-5-20(18)23/h4-5,8-9,11,17H,6-7,10,12H2,1-3H3,(H,24,26)/t17-/m1/s1. The minimum Gasteiger partial charge on any atom is -0.487 e. The van der Waals surface area contributed by atoms with E-state index in [0.29, 0.717) is 41.8 Å². The molecule has 0 spiro atoms. The fraction of sp³-hybridized carbons (Fsp3) is 0.364. The molecule has 6 heteroatoms. The number of aryl methyl sites for hydroxylation is 1. The van der Waals surface area contributed by atoms with Crippen LogP contribution in [-0.4, -0.2) is 36.3 Å². The number of nitrogens with one attached hydrogen (secondary N) is 1. The zero-order valence-corrected chi connectivity index (χ0v) is 17.1. The highest BCUT2D eigenvalue weighted by Crippen LogP contribution is 2.41. The number of thioether (sulfide) groups is 1. The van der Waals surface area contributed by atoms with Crippen molar-refractivity contribution in [1.82, 2.24) is 5.32 Å². The number of Topliss-reactive ketones (excluding diaryl/α,β-unsaturated/α-hetero) is 1. The summed E-state index contributed by atoms with van der Waals surface area (Å²) >= 11 is 1.63. The molecule has 2 aromatic rings. The van der Waals surface area contributed by atoms with Crippen molar-refractivity contribution in [3.05, 3.63) is 52.8 Å². The predicted octanol–water partition coefficient (Wildman–Crippen LogP) is 4.18. The highest BCUT2D eigenvalue weighted by molar-refractivity contribution is 7.98. The minimum absolute atomic E-state index is 0.00511. The molecule has 1 amide bonds.